The molecule has 0 aliphatic carbocycles. The van der Waals surface area contributed by atoms with Crippen molar-refractivity contribution in [3.8, 4) is 0 Å². The van der Waals surface area contributed by atoms with E-state index in [1.165, 1.54) is 5.56 Å². The van der Waals surface area contributed by atoms with Gasteiger partial charge in [-0.15, -0.1) is 0 Å². The SMILES string of the molecule is O=C(NCCCc1ccc(Cl)cc1)C1CCN(Cc2ccccc2Cl)CC1. The Hall–Kier alpha value is -1.55. The lowest BCUT2D eigenvalue weighted by Crippen LogP contribution is -2.40. The molecule has 1 fully saturated rings. The van der Waals surface area contributed by atoms with Crippen LogP contribution in [0.4, 0.5) is 0 Å². The zero-order valence-electron chi connectivity index (χ0n) is 15.5. The van der Waals surface area contributed by atoms with E-state index in [1.54, 1.807) is 0 Å². The van der Waals surface area contributed by atoms with Crippen LogP contribution in [0.2, 0.25) is 10.0 Å². The molecule has 0 atom stereocenters. The van der Waals surface area contributed by atoms with Gasteiger partial charge in [-0.25, -0.2) is 0 Å². The first-order valence-corrected chi connectivity index (χ1v) is 10.4. The molecule has 2 aromatic rings. The summed E-state index contributed by atoms with van der Waals surface area (Å²) in [5, 5.41) is 4.68. The predicted octanol–water partition coefficient (Wildman–Crippen LogP) is 4.95. The van der Waals surface area contributed by atoms with Crippen molar-refractivity contribution in [3.63, 3.8) is 0 Å². The zero-order valence-corrected chi connectivity index (χ0v) is 17.0. The van der Waals surface area contributed by atoms with Crippen LogP contribution in [0.1, 0.15) is 30.4 Å². The maximum atomic E-state index is 12.4. The van der Waals surface area contributed by atoms with E-state index in [1.807, 2.05) is 42.5 Å². The number of piperidine rings is 1. The van der Waals surface area contributed by atoms with E-state index >= 15 is 0 Å². The van der Waals surface area contributed by atoms with Gasteiger partial charge in [0.05, 0.1) is 0 Å². The van der Waals surface area contributed by atoms with Gasteiger partial charge in [0.25, 0.3) is 0 Å². The number of halogens is 2. The average molecular weight is 405 g/mol. The van der Waals surface area contributed by atoms with Gasteiger partial charge < -0.3 is 5.32 Å². The minimum absolute atomic E-state index is 0.128. The highest BCUT2D eigenvalue weighted by Gasteiger charge is 2.24. The van der Waals surface area contributed by atoms with Crippen molar-refractivity contribution in [3.05, 3.63) is 69.7 Å². The fourth-order valence-corrected chi connectivity index (χ4v) is 3.84. The molecular weight excluding hydrogens is 379 g/mol. The number of amides is 1. The minimum Gasteiger partial charge on any atom is -0.356 e. The van der Waals surface area contributed by atoms with Gasteiger partial charge in [0.15, 0.2) is 0 Å². The smallest absolute Gasteiger partial charge is 0.223 e. The van der Waals surface area contributed by atoms with E-state index in [9.17, 15) is 4.79 Å². The Labute approximate surface area is 171 Å². The van der Waals surface area contributed by atoms with Crippen molar-refractivity contribution in [1.82, 2.24) is 10.2 Å². The molecule has 0 saturated carbocycles. The molecule has 144 valence electrons. The van der Waals surface area contributed by atoms with E-state index in [2.05, 4.69) is 16.3 Å². The van der Waals surface area contributed by atoms with Crippen molar-refractivity contribution >= 4 is 29.1 Å². The van der Waals surface area contributed by atoms with E-state index in [4.69, 9.17) is 23.2 Å². The van der Waals surface area contributed by atoms with Crippen LogP contribution >= 0.6 is 23.2 Å². The number of hydrogen-bond donors (Lipinski definition) is 1. The number of nitrogens with one attached hydrogen (secondary N) is 1. The first kappa shape index (κ1) is 20.2. The molecule has 2 aromatic carbocycles. The molecule has 1 aliphatic heterocycles. The zero-order chi connectivity index (χ0) is 19.1. The summed E-state index contributed by atoms with van der Waals surface area (Å²) in [7, 11) is 0. The summed E-state index contributed by atoms with van der Waals surface area (Å²) < 4.78 is 0. The third-order valence-electron chi connectivity index (χ3n) is 5.16. The normalized spacial score (nSPS) is 15.6. The van der Waals surface area contributed by atoms with Gasteiger partial charge >= 0.3 is 0 Å². The quantitative estimate of drug-likeness (QED) is 0.661. The number of rotatable bonds is 7. The third kappa shape index (κ3) is 6.24. The van der Waals surface area contributed by atoms with Gasteiger partial charge in [0.1, 0.15) is 0 Å². The molecule has 0 bridgehead atoms. The summed E-state index contributed by atoms with van der Waals surface area (Å²) in [6.07, 6.45) is 3.72. The lowest BCUT2D eigenvalue weighted by molar-refractivity contribution is -0.126. The minimum atomic E-state index is 0.128. The molecule has 0 spiro atoms. The monoisotopic (exact) mass is 404 g/mol. The highest BCUT2D eigenvalue weighted by Crippen LogP contribution is 2.22. The maximum Gasteiger partial charge on any atom is 0.223 e. The molecule has 1 aliphatic rings. The second-order valence-corrected chi connectivity index (χ2v) is 8.01. The number of hydrogen-bond acceptors (Lipinski definition) is 2. The van der Waals surface area contributed by atoms with Gasteiger partial charge in [-0.3, -0.25) is 9.69 Å². The molecule has 0 radical (unpaired) electrons. The fourth-order valence-electron chi connectivity index (χ4n) is 3.52. The Bertz CT molecular complexity index is 740. The molecule has 3 rings (SSSR count). The van der Waals surface area contributed by atoms with Gasteiger partial charge in [-0.05, 0) is 68.1 Å². The van der Waals surface area contributed by atoms with Crippen molar-refractivity contribution < 1.29 is 4.79 Å². The van der Waals surface area contributed by atoms with Crippen LogP contribution < -0.4 is 5.32 Å². The molecule has 5 heteroatoms. The van der Waals surface area contributed by atoms with E-state index in [0.29, 0.717) is 0 Å². The Morgan fingerprint density at radius 2 is 1.74 bits per heavy atom. The number of benzene rings is 2. The average Bonchev–Trinajstić information content (AvgIpc) is 2.69. The van der Waals surface area contributed by atoms with E-state index in [-0.39, 0.29) is 11.8 Å². The van der Waals surface area contributed by atoms with Crippen molar-refractivity contribution in [1.29, 1.82) is 0 Å². The lowest BCUT2D eigenvalue weighted by atomic mass is 9.95. The molecule has 1 saturated heterocycles. The first-order chi connectivity index (χ1) is 13.1. The first-order valence-electron chi connectivity index (χ1n) is 9.60. The molecule has 3 nitrogen and oxygen atoms in total. The standard InChI is InChI=1S/C22H26Cl2N2O/c23-20-9-7-17(8-10-20)4-3-13-25-22(27)18-11-14-26(15-12-18)16-19-5-1-2-6-21(19)24/h1-2,5-10,18H,3-4,11-16H2,(H,25,27). The number of likely N-dealkylation sites (tertiary alicyclic amines) is 1. The molecule has 1 N–H and O–H groups in total. The van der Waals surface area contributed by atoms with Crippen LogP contribution in [0.3, 0.4) is 0 Å². The summed E-state index contributed by atoms with van der Waals surface area (Å²) in [6, 6.07) is 15.9. The van der Waals surface area contributed by atoms with Crippen LogP contribution in [-0.2, 0) is 17.8 Å². The third-order valence-corrected chi connectivity index (χ3v) is 5.79. The topological polar surface area (TPSA) is 32.3 Å². The van der Waals surface area contributed by atoms with Crippen molar-refractivity contribution in [2.24, 2.45) is 5.92 Å². The Morgan fingerprint density at radius 1 is 1.04 bits per heavy atom. The number of nitrogens with zero attached hydrogens (tertiary/aromatic N) is 1. The molecule has 27 heavy (non-hydrogen) atoms. The lowest BCUT2D eigenvalue weighted by Gasteiger charge is -2.31. The molecular formula is C22H26Cl2N2O. The molecule has 1 amide bonds. The summed E-state index contributed by atoms with van der Waals surface area (Å²) in [5.41, 5.74) is 2.41. The Kier molecular flexibility index (Phi) is 7.57. The summed E-state index contributed by atoms with van der Waals surface area (Å²) in [4.78, 5) is 14.8. The van der Waals surface area contributed by atoms with Crippen LogP contribution in [0, 0.1) is 5.92 Å². The number of carbonyl (C=O) groups excluding carboxylic acids is 1. The number of aryl methyl sites for hydroxylation is 1. The van der Waals surface area contributed by atoms with E-state index in [0.717, 1.165) is 67.5 Å². The molecule has 0 unspecified atom stereocenters. The largest absolute Gasteiger partial charge is 0.356 e. The van der Waals surface area contributed by atoms with Crippen molar-refractivity contribution in [2.75, 3.05) is 19.6 Å². The Morgan fingerprint density at radius 3 is 2.44 bits per heavy atom. The van der Waals surface area contributed by atoms with Gasteiger partial charge in [-0.1, -0.05) is 53.5 Å². The van der Waals surface area contributed by atoms with Gasteiger partial charge in [0, 0.05) is 29.1 Å². The van der Waals surface area contributed by atoms with Crippen LogP contribution in [0.5, 0.6) is 0 Å². The van der Waals surface area contributed by atoms with Crippen molar-refractivity contribution in [2.45, 2.75) is 32.2 Å². The molecule has 0 aromatic heterocycles. The summed E-state index contributed by atoms with van der Waals surface area (Å²) >= 11 is 12.1. The second kappa shape index (κ2) is 10.1. The predicted molar refractivity (Wildman–Crippen MR) is 112 cm³/mol. The van der Waals surface area contributed by atoms with E-state index < -0.39 is 0 Å². The summed E-state index contributed by atoms with van der Waals surface area (Å²) in [6.45, 7) is 3.46. The molecule has 1 heterocycles. The highest BCUT2D eigenvalue weighted by atomic mass is 35.5. The van der Waals surface area contributed by atoms with Gasteiger partial charge in [-0.2, -0.15) is 0 Å². The van der Waals surface area contributed by atoms with Crippen LogP contribution in [0.15, 0.2) is 48.5 Å². The van der Waals surface area contributed by atoms with Gasteiger partial charge in [0.2, 0.25) is 5.91 Å². The maximum absolute atomic E-state index is 12.4. The summed E-state index contributed by atoms with van der Waals surface area (Å²) in [5.74, 6) is 0.325. The number of carbonyl (C=O) groups is 1. The highest BCUT2D eigenvalue weighted by molar-refractivity contribution is 6.31. The fraction of sp³-hybridized carbons (Fsp3) is 0.409. The van der Waals surface area contributed by atoms with Crippen LogP contribution in [-0.4, -0.2) is 30.4 Å². The second-order valence-electron chi connectivity index (χ2n) is 7.16. The van der Waals surface area contributed by atoms with Crippen LogP contribution in [0.25, 0.3) is 0 Å². The Balaban J connectivity index is 1.34.